The molecule has 0 spiro atoms. The lowest BCUT2D eigenvalue weighted by atomic mass is 9.94. The predicted molar refractivity (Wildman–Crippen MR) is 178 cm³/mol. The number of hydrogen-bond acceptors (Lipinski definition) is 4. The Kier molecular flexibility index (Phi) is 9.68. The molecule has 0 bridgehead atoms. The van der Waals surface area contributed by atoms with Crippen LogP contribution in [0.1, 0.15) is 36.1 Å². The van der Waals surface area contributed by atoms with Gasteiger partial charge in [-0.3, -0.25) is 9.69 Å². The predicted octanol–water partition coefficient (Wildman–Crippen LogP) is 7.72. The molecule has 42 heavy (non-hydrogen) atoms. The smallest absolute Gasteiger partial charge is 0.187 e. The monoisotopic (exact) mass is 555 g/mol. The summed E-state index contributed by atoms with van der Waals surface area (Å²) < 4.78 is 0. The Morgan fingerprint density at radius 1 is 0.595 bits per heavy atom. The van der Waals surface area contributed by atoms with Gasteiger partial charge in [-0.25, -0.2) is 0 Å². The molecule has 0 aliphatic carbocycles. The molecule has 214 valence electrons. The highest BCUT2D eigenvalue weighted by molar-refractivity contribution is 6.14. The maximum absolute atomic E-state index is 13.5. The van der Waals surface area contributed by atoms with Gasteiger partial charge in [-0.2, -0.15) is 0 Å². The third-order valence-corrected chi connectivity index (χ3v) is 7.86. The number of hydrogen-bond donors (Lipinski definition) is 0. The van der Waals surface area contributed by atoms with Crippen LogP contribution in [0.25, 0.3) is 12.2 Å². The summed E-state index contributed by atoms with van der Waals surface area (Å²) in [5.74, 6) is 0.139. The van der Waals surface area contributed by atoms with E-state index in [-0.39, 0.29) is 5.78 Å². The first-order valence-electron chi connectivity index (χ1n) is 14.9. The number of likely N-dealkylation sites (N-methyl/N-ethyl adjacent to an activating group) is 1. The van der Waals surface area contributed by atoms with Gasteiger partial charge in [0.1, 0.15) is 0 Å². The maximum Gasteiger partial charge on any atom is 0.187 e. The van der Waals surface area contributed by atoms with Crippen LogP contribution < -0.4 is 9.80 Å². The molecule has 1 saturated heterocycles. The zero-order chi connectivity index (χ0) is 29.3. The summed E-state index contributed by atoms with van der Waals surface area (Å²) in [4.78, 5) is 20.5. The lowest BCUT2D eigenvalue weighted by molar-refractivity contribution is -0.113. The van der Waals surface area contributed by atoms with Gasteiger partial charge in [-0.1, -0.05) is 84.9 Å². The minimum absolute atomic E-state index is 0.139. The van der Waals surface area contributed by atoms with E-state index >= 15 is 0 Å². The molecule has 1 fully saturated rings. The minimum Gasteiger partial charge on any atom is -0.367 e. The molecule has 0 atom stereocenters. The maximum atomic E-state index is 13.5. The second-order valence-electron chi connectivity index (χ2n) is 11.0. The van der Waals surface area contributed by atoms with Gasteiger partial charge in [0.2, 0.25) is 0 Å². The summed E-state index contributed by atoms with van der Waals surface area (Å²) >= 11 is 0. The summed E-state index contributed by atoms with van der Waals surface area (Å²) in [5.41, 5.74) is 8.72. The largest absolute Gasteiger partial charge is 0.367 e. The Labute approximate surface area is 251 Å². The van der Waals surface area contributed by atoms with Crippen molar-refractivity contribution in [2.45, 2.75) is 26.9 Å². The second kappa shape index (κ2) is 14.0. The first-order valence-corrected chi connectivity index (χ1v) is 14.9. The summed E-state index contributed by atoms with van der Waals surface area (Å²) in [7, 11) is 2.08. The van der Waals surface area contributed by atoms with Crippen molar-refractivity contribution >= 4 is 29.3 Å². The van der Waals surface area contributed by atoms with Crippen LogP contribution in [0.3, 0.4) is 0 Å². The topological polar surface area (TPSA) is 26.8 Å². The molecule has 0 amide bonds. The molecule has 0 N–H and O–H groups in total. The number of benzene rings is 4. The number of nitrogens with zero attached hydrogens (tertiary/aromatic N) is 3. The standard InChI is InChI=1S/C38H41N3O/c1-4-40(26-32-12-8-6-9-13-32)36-20-16-30(17-21-36)24-34-28-39(3)29-35(38(34)42)25-31-18-22-37(23-19-31)41(5-2)27-33-14-10-7-11-15-33/h6-25H,4-5,26-29H2,1-3H3/b34-24-,35-25-. The van der Waals surface area contributed by atoms with Crippen LogP contribution in [-0.4, -0.2) is 43.9 Å². The number of carbonyl (C=O) groups excluding carboxylic acids is 1. The van der Waals surface area contributed by atoms with Gasteiger partial charge in [0.25, 0.3) is 0 Å². The molecule has 0 saturated carbocycles. The Bertz CT molecular complexity index is 1390. The van der Waals surface area contributed by atoms with Crippen molar-refractivity contribution < 1.29 is 4.79 Å². The Hall–Kier alpha value is -4.41. The van der Waals surface area contributed by atoms with Crippen LogP contribution in [0.15, 0.2) is 120 Å². The van der Waals surface area contributed by atoms with Crippen molar-refractivity contribution in [3.63, 3.8) is 0 Å². The molecule has 4 aromatic rings. The van der Waals surface area contributed by atoms with Gasteiger partial charge in [-0.15, -0.1) is 0 Å². The molecule has 1 heterocycles. The zero-order valence-electron chi connectivity index (χ0n) is 25.0. The highest BCUT2D eigenvalue weighted by atomic mass is 16.1. The van der Waals surface area contributed by atoms with E-state index < -0.39 is 0 Å². The molecule has 4 nitrogen and oxygen atoms in total. The van der Waals surface area contributed by atoms with Crippen LogP contribution in [0.2, 0.25) is 0 Å². The van der Waals surface area contributed by atoms with Crippen LogP contribution in [0.4, 0.5) is 11.4 Å². The normalized spacial score (nSPS) is 15.7. The van der Waals surface area contributed by atoms with Crippen molar-refractivity contribution in [3.05, 3.63) is 143 Å². The quantitative estimate of drug-likeness (QED) is 0.187. The summed E-state index contributed by atoms with van der Waals surface area (Å²) in [6.45, 7) is 9.27. The van der Waals surface area contributed by atoms with E-state index in [9.17, 15) is 4.79 Å². The van der Waals surface area contributed by atoms with Gasteiger partial charge < -0.3 is 9.80 Å². The van der Waals surface area contributed by atoms with Crippen molar-refractivity contribution in [1.82, 2.24) is 4.90 Å². The molecule has 5 rings (SSSR count). The summed E-state index contributed by atoms with van der Waals surface area (Å²) in [6.07, 6.45) is 4.10. The Balaban J connectivity index is 1.29. The third kappa shape index (κ3) is 7.45. The molecule has 0 radical (unpaired) electrons. The lowest BCUT2D eigenvalue weighted by Crippen LogP contribution is -2.34. The van der Waals surface area contributed by atoms with E-state index in [0.717, 1.165) is 48.5 Å². The fourth-order valence-electron chi connectivity index (χ4n) is 5.55. The zero-order valence-corrected chi connectivity index (χ0v) is 25.0. The minimum atomic E-state index is 0.139. The molecule has 4 aromatic carbocycles. The van der Waals surface area contributed by atoms with E-state index in [0.29, 0.717) is 13.1 Å². The van der Waals surface area contributed by atoms with E-state index in [2.05, 4.69) is 157 Å². The fourth-order valence-corrected chi connectivity index (χ4v) is 5.55. The van der Waals surface area contributed by atoms with E-state index in [4.69, 9.17) is 0 Å². The van der Waals surface area contributed by atoms with E-state index in [1.54, 1.807) is 0 Å². The van der Waals surface area contributed by atoms with Crippen LogP contribution >= 0.6 is 0 Å². The number of piperidine rings is 1. The van der Waals surface area contributed by atoms with Crippen LogP contribution in [-0.2, 0) is 17.9 Å². The first kappa shape index (κ1) is 29.1. The third-order valence-electron chi connectivity index (χ3n) is 7.86. The van der Waals surface area contributed by atoms with Gasteiger partial charge >= 0.3 is 0 Å². The second-order valence-corrected chi connectivity index (χ2v) is 11.0. The Morgan fingerprint density at radius 2 is 0.976 bits per heavy atom. The number of Topliss-reactive ketones (excluding diaryl/α,β-unsaturated/α-hetero) is 1. The van der Waals surface area contributed by atoms with E-state index in [1.165, 1.54) is 22.5 Å². The summed E-state index contributed by atoms with van der Waals surface area (Å²) in [5, 5.41) is 0. The molecule has 0 unspecified atom stereocenters. The summed E-state index contributed by atoms with van der Waals surface area (Å²) in [6, 6.07) is 38.2. The molecule has 1 aliphatic heterocycles. The van der Waals surface area contributed by atoms with Crippen molar-refractivity contribution in [1.29, 1.82) is 0 Å². The average molecular weight is 556 g/mol. The first-order chi connectivity index (χ1) is 20.5. The molecular weight excluding hydrogens is 514 g/mol. The molecule has 4 heteroatoms. The average Bonchev–Trinajstić information content (AvgIpc) is 3.03. The van der Waals surface area contributed by atoms with Crippen LogP contribution in [0, 0.1) is 0 Å². The highest BCUT2D eigenvalue weighted by Gasteiger charge is 2.24. The van der Waals surface area contributed by atoms with Gasteiger partial charge in [0, 0.05) is 61.8 Å². The lowest BCUT2D eigenvalue weighted by Gasteiger charge is -2.26. The SMILES string of the molecule is CCN(Cc1ccccc1)c1ccc(/C=C2/CN(C)C/C(=C/c3ccc(N(CC)Cc4ccccc4)cc3)C2=O)cc1. The van der Waals surface area contributed by atoms with Gasteiger partial charge in [0.05, 0.1) is 0 Å². The fraction of sp³-hybridized carbons (Fsp3) is 0.237. The van der Waals surface area contributed by atoms with Crippen molar-refractivity contribution in [2.24, 2.45) is 0 Å². The highest BCUT2D eigenvalue weighted by Crippen LogP contribution is 2.25. The number of carbonyl (C=O) groups is 1. The van der Waals surface area contributed by atoms with Crippen LogP contribution in [0.5, 0.6) is 0 Å². The molecule has 1 aliphatic rings. The Morgan fingerprint density at radius 3 is 1.33 bits per heavy atom. The molecule has 0 aromatic heterocycles. The molecular formula is C38H41N3O. The number of anilines is 2. The van der Waals surface area contributed by atoms with E-state index in [1.807, 2.05) is 0 Å². The number of ketones is 1. The van der Waals surface area contributed by atoms with Gasteiger partial charge in [-0.05, 0) is 79.6 Å². The van der Waals surface area contributed by atoms with Crippen molar-refractivity contribution in [2.75, 3.05) is 43.0 Å². The van der Waals surface area contributed by atoms with Gasteiger partial charge in [0.15, 0.2) is 5.78 Å². The van der Waals surface area contributed by atoms with Crippen molar-refractivity contribution in [3.8, 4) is 0 Å². The number of likely N-dealkylation sites (tertiary alicyclic amines) is 1. The number of rotatable bonds is 10.